The Morgan fingerprint density at radius 1 is 1.21 bits per heavy atom. The SMILES string of the molecule is CC(NCc1ccc(OCCCc2cccc(Cl)c2)cc1)C(N)=O. The summed E-state index contributed by atoms with van der Waals surface area (Å²) >= 11 is 5.97. The molecule has 2 rings (SSSR count). The zero-order valence-electron chi connectivity index (χ0n) is 13.8. The Balaban J connectivity index is 1.71. The minimum absolute atomic E-state index is 0.340. The van der Waals surface area contributed by atoms with E-state index in [0.29, 0.717) is 13.2 Å². The fraction of sp³-hybridized carbons (Fsp3) is 0.316. The molecule has 0 aliphatic heterocycles. The molecule has 4 nitrogen and oxygen atoms in total. The van der Waals surface area contributed by atoms with Gasteiger partial charge in [-0.05, 0) is 55.2 Å². The minimum atomic E-state index is -0.352. The molecule has 128 valence electrons. The molecule has 0 spiro atoms. The van der Waals surface area contributed by atoms with Gasteiger partial charge in [0.25, 0.3) is 0 Å². The van der Waals surface area contributed by atoms with Crippen molar-refractivity contribution in [3.8, 4) is 5.75 Å². The molecule has 0 aliphatic rings. The Morgan fingerprint density at radius 2 is 1.96 bits per heavy atom. The van der Waals surface area contributed by atoms with Gasteiger partial charge in [0.1, 0.15) is 5.75 Å². The molecule has 1 amide bonds. The van der Waals surface area contributed by atoms with E-state index in [9.17, 15) is 4.79 Å². The van der Waals surface area contributed by atoms with E-state index >= 15 is 0 Å². The number of hydrogen-bond acceptors (Lipinski definition) is 3. The standard InChI is InChI=1S/C19H23ClN2O2/c1-14(19(21)23)22-13-16-7-9-18(10-8-16)24-11-3-5-15-4-2-6-17(20)12-15/h2,4,6-10,12,14,22H,3,5,11,13H2,1H3,(H2,21,23). The summed E-state index contributed by atoms with van der Waals surface area (Å²) in [5.41, 5.74) is 7.51. The quantitative estimate of drug-likeness (QED) is 0.685. The number of carbonyl (C=O) groups is 1. The van der Waals surface area contributed by atoms with Crippen LogP contribution in [-0.4, -0.2) is 18.6 Å². The average Bonchev–Trinajstić information content (AvgIpc) is 2.57. The van der Waals surface area contributed by atoms with Crippen LogP contribution in [0.25, 0.3) is 0 Å². The van der Waals surface area contributed by atoms with Crippen LogP contribution in [0.3, 0.4) is 0 Å². The van der Waals surface area contributed by atoms with E-state index in [4.69, 9.17) is 22.1 Å². The highest BCUT2D eigenvalue weighted by Gasteiger charge is 2.06. The lowest BCUT2D eigenvalue weighted by Gasteiger charge is -2.11. The molecule has 0 aliphatic carbocycles. The molecule has 0 fully saturated rings. The van der Waals surface area contributed by atoms with Gasteiger partial charge in [0.2, 0.25) is 5.91 Å². The molecule has 0 aromatic heterocycles. The van der Waals surface area contributed by atoms with Gasteiger partial charge in [0.15, 0.2) is 0 Å². The van der Waals surface area contributed by atoms with Crippen molar-refractivity contribution in [1.29, 1.82) is 0 Å². The number of nitrogens with two attached hydrogens (primary N) is 1. The third kappa shape index (κ3) is 6.22. The maximum atomic E-state index is 11.0. The Kier molecular flexibility index (Phi) is 7.09. The molecule has 0 heterocycles. The molecule has 0 saturated heterocycles. The average molecular weight is 347 g/mol. The summed E-state index contributed by atoms with van der Waals surface area (Å²) in [6, 6.07) is 15.4. The van der Waals surface area contributed by atoms with Crippen LogP contribution in [0.15, 0.2) is 48.5 Å². The van der Waals surface area contributed by atoms with Crippen LogP contribution < -0.4 is 15.8 Å². The highest BCUT2D eigenvalue weighted by molar-refractivity contribution is 6.30. The molecular weight excluding hydrogens is 324 g/mol. The largest absolute Gasteiger partial charge is 0.494 e. The number of aryl methyl sites for hydroxylation is 1. The predicted octanol–water partition coefficient (Wildman–Crippen LogP) is 3.32. The molecule has 1 unspecified atom stereocenters. The van der Waals surface area contributed by atoms with Crippen molar-refractivity contribution >= 4 is 17.5 Å². The van der Waals surface area contributed by atoms with Crippen molar-refractivity contribution < 1.29 is 9.53 Å². The number of hydrogen-bond donors (Lipinski definition) is 2. The number of carbonyl (C=O) groups excluding carboxylic acids is 1. The van der Waals surface area contributed by atoms with Gasteiger partial charge in [0, 0.05) is 11.6 Å². The number of benzene rings is 2. The first-order chi connectivity index (χ1) is 11.5. The van der Waals surface area contributed by atoms with Crippen LogP contribution in [0.1, 0.15) is 24.5 Å². The van der Waals surface area contributed by atoms with Crippen molar-refractivity contribution in [3.63, 3.8) is 0 Å². The van der Waals surface area contributed by atoms with Gasteiger partial charge in [-0.15, -0.1) is 0 Å². The maximum absolute atomic E-state index is 11.0. The summed E-state index contributed by atoms with van der Waals surface area (Å²) in [6.45, 7) is 3.00. The van der Waals surface area contributed by atoms with Gasteiger partial charge >= 0.3 is 0 Å². The van der Waals surface area contributed by atoms with Crippen molar-refractivity contribution in [3.05, 3.63) is 64.7 Å². The Morgan fingerprint density at radius 3 is 2.62 bits per heavy atom. The van der Waals surface area contributed by atoms with Gasteiger partial charge in [0.05, 0.1) is 12.6 Å². The second-order valence-corrected chi connectivity index (χ2v) is 6.17. The second kappa shape index (κ2) is 9.30. The molecule has 2 aromatic carbocycles. The van der Waals surface area contributed by atoms with E-state index in [1.165, 1.54) is 5.56 Å². The van der Waals surface area contributed by atoms with E-state index in [-0.39, 0.29) is 11.9 Å². The topological polar surface area (TPSA) is 64.3 Å². The van der Waals surface area contributed by atoms with Crippen LogP contribution in [-0.2, 0) is 17.8 Å². The zero-order valence-corrected chi connectivity index (χ0v) is 14.6. The van der Waals surface area contributed by atoms with Gasteiger partial charge in [-0.25, -0.2) is 0 Å². The van der Waals surface area contributed by atoms with Crippen LogP contribution in [0.4, 0.5) is 0 Å². The summed E-state index contributed by atoms with van der Waals surface area (Å²) in [5.74, 6) is 0.488. The molecule has 5 heteroatoms. The Bertz CT molecular complexity index is 659. The Hall–Kier alpha value is -2.04. The molecule has 0 radical (unpaired) electrons. The summed E-state index contributed by atoms with van der Waals surface area (Å²) in [5, 5.41) is 3.83. The van der Waals surface area contributed by atoms with Gasteiger partial charge < -0.3 is 15.8 Å². The number of rotatable bonds is 9. The molecule has 0 saturated carbocycles. The normalized spacial score (nSPS) is 11.9. The van der Waals surface area contributed by atoms with E-state index in [0.717, 1.165) is 29.2 Å². The first-order valence-corrected chi connectivity index (χ1v) is 8.41. The summed E-state index contributed by atoms with van der Waals surface area (Å²) in [4.78, 5) is 11.0. The van der Waals surface area contributed by atoms with E-state index in [1.54, 1.807) is 6.92 Å². The molecule has 24 heavy (non-hydrogen) atoms. The van der Waals surface area contributed by atoms with Crippen LogP contribution in [0.5, 0.6) is 5.75 Å². The first-order valence-electron chi connectivity index (χ1n) is 8.03. The van der Waals surface area contributed by atoms with Crippen molar-refractivity contribution in [2.24, 2.45) is 5.73 Å². The number of amides is 1. The zero-order chi connectivity index (χ0) is 17.4. The summed E-state index contributed by atoms with van der Waals surface area (Å²) in [6.07, 6.45) is 1.87. The van der Waals surface area contributed by atoms with E-state index in [2.05, 4.69) is 11.4 Å². The van der Waals surface area contributed by atoms with Crippen LogP contribution in [0, 0.1) is 0 Å². The smallest absolute Gasteiger partial charge is 0.234 e. The fourth-order valence-corrected chi connectivity index (χ4v) is 2.45. The lowest BCUT2D eigenvalue weighted by Crippen LogP contribution is -2.38. The molecule has 2 aromatic rings. The number of nitrogens with one attached hydrogen (secondary N) is 1. The van der Waals surface area contributed by atoms with Gasteiger partial charge in [-0.1, -0.05) is 35.9 Å². The number of ether oxygens (including phenoxy) is 1. The Labute approximate surface area is 148 Å². The monoisotopic (exact) mass is 346 g/mol. The maximum Gasteiger partial charge on any atom is 0.234 e. The summed E-state index contributed by atoms with van der Waals surface area (Å²) < 4.78 is 5.75. The van der Waals surface area contributed by atoms with Crippen LogP contribution >= 0.6 is 11.6 Å². The van der Waals surface area contributed by atoms with E-state index < -0.39 is 0 Å². The second-order valence-electron chi connectivity index (χ2n) is 5.73. The highest BCUT2D eigenvalue weighted by atomic mass is 35.5. The molecule has 0 bridgehead atoms. The predicted molar refractivity (Wildman–Crippen MR) is 97.2 cm³/mol. The lowest BCUT2D eigenvalue weighted by atomic mass is 10.1. The van der Waals surface area contributed by atoms with Crippen molar-refractivity contribution in [2.45, 2.75) is 32.4 Å². The van der Waals surface area contributed by atoms with Crippen molar-refractivity contribution in [2.75, 3.05) is 6.61 Å². The third-order valence-corrected chi connectivity index (χ3v) is 3.97. The first kappa shape index (κ1) is 18.3. The minimum Gasteiger partial charge on any atom is -0.494 e. The molecular formula is C19H23ClN2O2. The highest BCUT2D eigenvalue weighted by Crippen LogP contribution is 2.14. The molecule has 3 N–H and O–H groups in total. The lowest BCUT2D eigenvalue weighted by molar-refractivity contribution is -0.119. The number of halogens is 1. The van der Waals surface area contributed by atoms with Gasteiger partial charge in [-0.2, -0.15) is 0 Å². The third-order valence-electron chi connectivity index (χ3n) is 3.73. The van der Waals surface area contributed by atoms with Crippen LogP contribution in [0.2, 0.25) is 5.02 Å². The fourth-order valence-electron chi connectivity index (χ4n) is 2.23. The molecule has 1 atom stereocenters. The van der Waals surface area contributed by atoms with Gasteiger partial charge in [-0.3, -0.25) is 4.79 Å². The van der Waals surface area contributed by atoms with Crippen molar-refractivity contribution in [1.82, 2.24) is 5.32 Å². The van der Waals surface area contributed by atoms with E-state index in [1.807, 2.05) is 42.5 Å². The summed E-state index contributed by atoms with van der Waals surface area (Å²) in [7, 11) is 0. The number of primary amides is 1.